The summed E-state index contributed by atoms with van der Waals surface area (Å²) in [6.45, 7) is 6.06. The van der Waals surface area contributed by atoms with E-state index in [9.17, 15) is 9.59 Å². The van der Waals surface area contributed by atoms with E-state index in [1.165, 1.54) is 0 Å². The molecule has 0 saturated carbocycles. The first-order chi connectivity index (χ1) is 8.99. The summed E-state index contributed by atoms with van der Waals surface area (Å²) in [6, 6.07) is 1.93. The van der Waals surface area contributed by atoms with Crippen LogP contribution in [-0.4, -0.2) is 47.3 Å². The lowest BCUT2D eigenvalue weighted by atomic mass is 10.1. The predicted molar refractivity (Wildman–Crippen MR) is 73.3 cm³/mol. The Morgan fingerprint density at radius 2 is 2.16 bits per heavy atom. The number of carbonyl (C=O) groups is 2. The number of nitrogens with zero attached hydrogens (tertiary/aromatic N) is 2. The number of aryl methyl sites for hydroxylation is 1. The Morgan fingerprint density at radius 1 is 1.42 bits per heavy atom. The van der Waals surface area contributed by atoms with E-state index >= 15 is 0 Å². The number of ketones is 1. The number of rotatable bonds is 3. The van der Waals surface area contributed by atoms with Crippen LogP contribution in [0, 0.1) is 13.8 Å². The van der Waals surface area contributed by atoms with Gasteiger partial charge in [0.15, 0.2) is 5.78 Å². The Hall–Kier alpha value is -1.62. The van der Waals surface area contributed by atoms with Crippen molar-refractivity contribution >= 4 is 11.7 Å². The molecule has 104 valence electrons. The molecule has 1 fully saturated rings. The number of carbonyl (C=O) groups excluding carboxylic acids is 2. The second-order valence-corrected chi connectivity index (χ2v) is 5.18. The molecule has 1 aromatic rings. The molecular formula is C14H21N3O2. The summed E-state index contributed by atoms with van der Waals surface area (Å²) in [7, 11) is 1.96. The second-order valence-electron chi connectivity index (χ2n) is 5.18. The molecule has 1 amide bonds. The topological polar surface area (TPSA) is 54.3 Å². The molecule has 0 unspecified atom stereocenters. The van der Waals surface area contributed by atoms with Crippen LogP contribution in [0.5, 0.6) is 0 Å². The van der Waals surface area contributed by atoms with Crippen LogP contribution in [0.3, 0.4) is 0 Å². The zero-order valence-electron chi connectivity index (χ0n) is 11.8. The molecule has 0 aromatic carbocycles. The van der Waals surface area contributed by atoms with E-state index in [0.29, 0.717) is 19.6 Å². The molecule has 0 bridgehead atoms. The maximum absolute atomic E-state index is 12.3. The van der Waals surface area contributed by atoms with Crippen molar-refractivity contribution in [2.75, 3.05) is 26.2 Å². The molecule has 1 saturated heterocycles. The fourth-order valence-corrected chi connectivity index (χ4v) is 2.43. The van der Waals surface area contributed by atoms with E-state index in [2.05, 4.69) is 5.32 Å². The quantitative estimate of drug-likeness (QED) is 0.815. The highest BCUT2D eigenvalue weighted by atomic mass is 16.2. The summed E-state index contributed by atoms with van der Waals surface area (Å²) in [5.74, 6) is 0.0992. The van der Waals surface area contributed by atoms with Crippen LogP contribution in [0.25, 0.3) is 0 Å². The molecular weight excluding hydrogens is 242 g/mol. The van der Waals surface area contributed by atoms with Crippen LogP contribution < -0.4 is 5.32 Å². The lowest BCUT2D eigenvalue weighted by molar-refractivity contribution is -0.121. The molecule has 1 aromatic heterocycles. The van der Waals surface area contributed by atoms with Crippen molar-refractivity contribution in [3.05, 3.63) is 23.0 Å². The maximum atomic E-state index is 12.3. The maximum Gasteiger partial charge on any atom is 0.234 e. The van der Waals surface area contributed by atoms with Crippen LogP contribution in [-0.2, 0) is 11.8 Å². The lowest BCUT2D eigenvalue weighted by Gasteiger charge is -2.17. The molecule has 1 aliphatic rings. The van der Waals surface area contributed by atoms with E-state index in [1.807, 2.05) is 36.4 Å². The fourth-order valence-electron chi connectivity index (χ4n) is 2.43. The largest absolute Gasteiger partial charge is 0.355 e. The van der Waals surface area contributed by atoms with Gasteiger partial charge in [0.2, 0.25) is 5.91 Å². The zero-order valence-corrected chi connectivity index (χ0v) is 11.8. The average molecular weight is 263 g/mol. The first-order valence-corrected chi connectivity index (χ1v) is 6.64. The minimum atomic E-state index is 0.00580. The van der Waals surface area contributed by atoms with Gasteiger partial charge in [-0.05, 0) is 26.3 Å². The molecule has 1 aliphatic heterocycles. The van der Waals surface area contributed by atoms with Gasteiger partial charge in [0, 0.05) is 37.1 Å². The molecule has 5 nitrogen and oxygen atoms in total. The van der Waals surface area contributed by atoms with Crippen LogP contribution in [0.2, 0.25) is 0 Å². The van der Waals surface area contributed by atoms with E-state index < -0.39 is 0 Å². The van der Waals surface area contributed by atoms with Gasteiger partial charge in [0.1, 0.15) is 0 Å². The molecule has 2 heterocycles. The molecule has 1 N–H and O–H groups in total. The molecule has 0 radical (unpaired) electrons. The van der Waals surface area contributed by atoms with Gasteiger partial charge in [-0.2, -0.15) is 0 Å². The first kappa shape index (κ1) is 13.8. The summed E-state index contributed by atoms with van der Waals surface area (Å²) in [6.07, 6.45) is 0.895. The number of aromatic nitrogens is 1. The predicted octanol–water partition coefficient (Wildman–Crippen LogP) is 0.647. The highest BCUT2D eigenvalue weighted by molar-refractivity contribution is 5.99. The van der Waals surface area contributed by atoms with Crippen molar-refractivity contribution in [1.82, 2.24) is 14.8 Å². The number of amides is 1. The van der Waals surface area contributed by atoms with Gasteiger partial charge in [-0.3, -0.25) is 14.5 Å². The number of Topliss-reactive ketones (excluding diaryl/α,β-unsaturated/α-hetero) is 1. The van der Waals surface area contributed by atoms with Crippen LogP contribution >= 0.6 is 0 Å². The molecule has 0 atom stereocenters. The van der Waals surface area contributed by atoms with Gasteiger partial charge < -0.3 is 9.88 Å². The lowest BCUT2D eigenvalue weighted by Crippen LogP contribution is -2.36. The summed E-state index contributed by atoms with van der Waals surface area (Å²) >= 11 is 0. The van der Waals surface area contributed by atoms with Gasteiger partial charge >= 0.3 is 0 Å². The number of hydrogen-bond acceptors (Lipinski definition) is 3. The molecule has 19 heavy (non-hydrogen) atoms. The highest BCUT2D eigenvalue weighted by Crippen LogP contribution is 2.14. The standard InChI is InChI=1S/C14H21N3O2/c1-10-7-12(11(2)16(10)3)13(18)8-17-6-4-5-15-14(19)9-17/h7H,4-6,8-9H2,1-3H3,(H,15,19). The summed E-state index contributed by atoms with van der Waals surface area (Å²) in [4.78, 5) is 25.7. The summed E-state index contributed by atoms with van der Waals surface area (Å²) in [5, 5.41) is 2.82. The zero-order chi connectivity index (χ0) is 14.0. The number of hydrogen-bond donors (Lipinski definition) is 1. The Labute approximate surface area is 113 Å². The van der Waals surface area contributed by atoms with E-state index in [4.69, 9.17) is 0 Å². The molecule has 5 heteroatoms. The van der Waals surface area contributed by atoms with Crippen molar-refractivity contribution in [2.45, 2.75) is 20.3 Å². The minimum absolute atomic E-state index is 0.00580. The summed E-state index contributed by atoms with van der Waals surface area (Å²) < 4.78 is 2.02. The minimum Gasteiger partial charge on any atom is -0.355 e. The molecule has 0 spiro atoms. The van der Waals surface area contributed by atoms with Gasteiger partial charge in [0.05, 0.1) is 13.1 Å². The molecule has 2 rings (SSSR count). The Balaban J connectivity index is 2.07. The Bertz CT molecular complexity index is 505. The summed E-state index contributed by atoms with van der Waals surface area (Å²) in [5.41, 5.74) is 2.83. The average Bonchev–Trinajstić information content (AvgIpc) is 2.55. The third-order valence-electron chi connectivity index (χ3n) is 3.78. The van der Waals surface area contributed by atoms with Gasteiger partial charge in [0.25, 0.3) is 0 Å². The fraction of sp³-hybridized carbons (Fsp3) is 0.571. The third-order valence-corrected chi connectivity index (χ3v) is 3.78. The monoisotopic (exact) mass is 263 g/mol. The van der Waals surface area contributed by atoms with Crippen molar-refractivity contribution in [1.29, 1.82) is 0 Å². The Morgan fingerprint density at radius 3 is 2.79 bits per heavy atom. The van der Waals surface area contributed by atoms with Gasteiger partial charge in [-0.1, -0.05) is 0 Å². The third kappa shape index (κ3) is 3.04. The SMILES string of the molecule is Cc1cc(C(=O)CN2CCCNC(=O)C2)c(C)n1C. The highest BCUT2D eigenvalue weighted by Gasteiger charge is 2.20. The van der Waals surface area contributed by atoms with Crippen LogP contribution in [0.4, 0.5) is 0 Å². The normalized spacial score (nSPS) is 17.1. The van der Waals surface area contributed by atoms with Crippen molar-refractivity contribution < 1.29 is 9.59 Å². The van der Waals surface area contributed by atoms with Crippen LogP contribution in [0.1, 0.15) is 28.2 Å². The number of nitrogens with one attached hydrogen (secondary N) is 1. The first-order valence-electron chi connectivity index (χ1n) is 6.64. The Kier molecular flexibility index (Phi) is 4.04. The van der Waals surface area contributed by atoms with Gasteiger partial charge in [-0.15, -0.1) is 0 Å². The van der Waals surface area contributed by atoms with E-state index in [1.54, 1.807) is 0 Å². The van der Waals surface area contributed by atoms with Gasteiger partial charge in [-0.25, -0.2) is 0 Å². The smallest absolute Gasteiger partial charge is 0.234 e. The second kappa shape index (κ2) is 5.57. The molecule has 0 aliphatic carbocycles. The van der Waals surface area contributed by atoms with Crippen molar-refractivity contribution in [3.63, 3.8) is 0 Å². The van der Waals surface area contributed by atoms with Crippen molar-refractivity contribution in [2.24, 2.45) is 7.05 Å². The van der Waals surface area contributed by atoms with E-state index in [0.717, 1.165) is 29.9 Å². The van der Waals surface area contributed by atoms with Crippen molar-refractivity contribution in [3.8, 4) is 0 Å². The van der Waals surface area contributed by atoms with Crippen LogP contribution in [0.15, 0.2) is 6.07 Å². The van der Waals surface area contributed by atoms with E-state index in [-0.39, 0.29) is 11.7 Å².